The third-order valence-electron chi connectivity index (χ3n) is 3.90. The van der Waals surface area contributed by atoms with Crippen molar-refractivity contribution in [2.75, 3.05) is 20.1 Å². The van der Waals surface area contributed by atoms with Crippen molar-refractivity contribution in [2.45, 2.75) is 39.2 Å². The van der Waals surface area contributed by atoms with E-state index in [9.17, 15) is 4.79 Å². The maximum Gasteiger partial charge on any atom is 0.353 e. The van der Waals surface area contributed by atoms with Crippen LogP contribution < -0.4 is 5.43 Å². The predicted octanol–water partition coefficient (Wildman–Crippen LogP) is 1.80. The topological polar surface area (TPSA) is 38.8 Å². The van der Waals surface area contributed by atoms with E-state index in [1.807, 2.05) is 5.01 Å². The lowest BCUT2D eigenvalue weighted by atomic mass is 9.96. The van der Waals surface area contributed by atoms with E-state index in [0.29, 0.717) is 12.5 Å². The van der Waals surface area contributed by atoms with Crippen molar-refractivity contribution in [3.05, 3.63) is 12.3 Å². The zero-order valence-electron chi connectivity index (χ0n) is 11.6. The number of nitrogens with one attached hydrogen (secondary N) is 1. The molecule has 1 N–H and O–H groups in total. The highest BCUT2D eigenvalue weighted by Gasteiger charge is 2.39. The van der Waals surface area contributed by atoms with Gasteiger partial charge < -0.3 is 0 Å². The smallest absolute Gasteiger partial charge is 0.286 e. The summed E-state index contributed by atoms with van der Waals surface area (Å²) in [5.74, 6) is 0.460. The Morgan fingerprint density at radius 2 is 2.11 bits per heavy atom. The second-order valence-corrected chi connectivity index (χ2v) is 5.40. The van der Waals surface area contributed by atoms with E-state index < -0.39 is 0 Å². The first-order chi connectivity index (χ1) is 8.56. The van der Waals surface area contributed by atoms with Crippen LogP contribution in [0.1, 0.15) is 33.1 Å². The second kappa shape index (κ2) is 5.18. The lowest BCUT2D eigenvalue weighted by molar-refractivity contribution is -0.0445. The van der Waals surface area contributed by atoms with E-state index in [1.54, 1.807) is 12.1 Å². The van der Waals surface area contributed by atoms with Crippen LogP contribution in [-0.2, 0) is 0 Å². The van der Waals surface area contributed by atoms with Crippen LogP contribution in [0.3, 0.4) is 0 Å². The standard InChI is InChI=1S/C13H24N4O/c1-10(2)12-6-5-8-16-11(3)7-9-15(14-4)13(18)17(12)16/h10,12,14H,3,5-9H2,1-2,4H3. The second-order valence-electron chi connectivity index (χ2n) is 5.40. The Labute approximate surface area is 109 Å². The summed E-state index contributed by atoms with van der Waals surface area (Å²) in [6.07, 6.45) is 3.03. The zero-order valence-corrected chi connectivity index (χ0v) is 11.6. The Hall–Kier alpha value is -1.23. The van der Waals surface area contributed by atoms with Gasteiger partial charge in [-0.25, -0.2) is 15.2 Å². The van der Waals surface area contributed by atoms with Crippen molar-refractivity contribution in [1.29, 1.82) is 0 Å². The molecule has 2 aliphatic rings. The summed E-state index contributed by atoms with van der Waals surface area (Å²) in [4.78, 5) is 12.6. The lowest BCUT2D eigenvalue weighted by Crippen LogP contribution is -2.59. The van der Waals surface area contributed by atoms with E-state index in [4.69, 9.17) is 0 Å². The highest BCUT2D eigenvalue weighted by molar-refractivity contribution is 5.74. The minimum atomic E-state index is 0.0505. The van der Waals surface area contributed by atoms with Crippen LogP contribution >= 0.6 is 0 Å². The van der Waals surface area contributed by atoms with Crippen LogP contribution in [0.4, 0.5) is 4.79 Å². The Morgan fingerprint density at radius 3 is 2.72 bits per heavy atom. The fourth-order valence-corrected chi connectivity index (χ4v) is 2.83. The number of hydrazine groups is 2. The molecule has 0 spiro atoms. The van der Waals surface area contributed by atoms with Gasteiger partial charge in [0.25, 0.3) is 0 Å². The average Bonchev–Trinajstić information content (AvgIpc) is 2.48. The van der Waals surface area contributed by atoms with Crippen LogP contribution in [0.5, 0.6) is 0 Å². The van der Waals surface area contributed by atoms with Crippen LogP contribution in [0, 0.1) is 5.92 Å². The quantitative estimate of drug-likeness (QED) is 0.814. The fourth-order valence-electron chi connectivity index (χ4n) is 2.83. The molecule has 5 heteroatoms. The van der Waals surface area contributed by atoms with E-state index in [2.05, 4.69) is 30.9 Å². The van der Waals surface area contributed by atoms with Gasteiger partial charge in [-0.05, 0) is 18.8 Å². The summed E-state index contributed by atoms with van der Waals surface area (Å²) in [5, 5.41) is 5.69. The molecule has 2 heterocycles. The molecule has 0 aliphatic carbocycles. The van der Waals surface area contributed by atoms with Crippen molar-refractivity contribution in [2.24, 2.45) is 5.92 Å². The number of rotatable bonds is 2. The van der Waals surface area contributed by atoms with Crippen LogP contribution in [0.2, 0.25) is 0 Å². The number of carbonyl (C=O) groups excluding carboxylic acids is 1. The fraction of sp³-hybridized carbons (Fsp3) is 0.769. The van der Waals surface area contributed by atoms with Crippen molar-refractivity contribution in [3.63, 3.8) is 0 Å². The molecule has 0 aromatic heterocycles. The minimum absolute atomic E-state index is 0.0505. The lowest BCUT2D eigenvalue weighted by Gasteiger charge is -2.46. The molecule has 0 aromatic carbocycles. The third kappa shape index (κ3) is 2.19. The Morgan fingerprint density at radius 1 is 1.39 bits per heavy atom. The van der Waals surface area contributed by atoms with Gasteiger partial charge >= 0.3 is 6.03 Å². The van der Waals surface area contributed by atoms with Crippen molar-refractivity contribution >= 4 is 6.03 Å². The summed E-state index contributed by atoms with van der Waals surface area (Å²) < 4.78 is 0. The van der Waals surface area contributed by atoms with Gasteiger partial charge in [-0.2, -0.15) is 0 Å². The Bertz CT molecular complexity index is 342. The monoisotopic (exact) mass is 252 g/mol. The molecule has 5 nitrogen and oxygen atoms in total. The summed E-state index contributed by atoms with van der Waals surface area (Å²) >= 11 is 0. The average molecular weight is 252 g/mol. The summed E-state index contributed by atoms with van der Waals surface area (Å²) in [7, 11) is 1.80. The van der Waals surface area contributed by atoms with Crippen LogP contribution in [-0.4, -0.2) is 47.2 Å². The largest absolute Gasteiger partial charge is 0.353 e. The number of amides is 2. The van der Waals surface area contributed by atoms with Crippen LogP contribution in [0.15, 0.2) is 12.3 Å². The number of hydrogen-bond acceptors (Lipinski definition) is 3. The van der Waals surface area contributed by atoms with E-state index in [-0.39, 0.29) is 12.1 Å². The molecule has 0 aromatic rings. The molecule has 2 aliphatic heterocycles. The van der Waals surface area contributed by atoms with Gasteiger partial charge in [-0.1, -0.05) is 20.4 Å². The third-order valence-corrected chi connectivity index (χ3v) is 3.90. The molecule has 2 fully saturated rings. The van der Waals surface area contributed by atoms with Crippen molar-refractivity contribution < 1.29 is 4.79 Å². The molecular formula is C13H24N4O. The molecule has 2 amide bonds. The van der Waals surface area contributed by atoms with Gasteiger partial charge in [0, 0.05) is 32.3 Å². The molecule has 2 rings (SSSR count). The van der Waals surface area contributed by atoms with Gasteiger partial charge in [0.05, 0.1) is 6.04 Å². The molecule has 18 heavy (non-hydrogen) atoms. The SMILES string of the molecule is C=C1CCN(NC)C(=O)N2C(C(C)C)CCCN12. The normalized spacial score (nSPS) is 25.6. The molecule has 0 radical (unpaired) electrons. The number of urea groups is 1. The Balaban J connectivity index is 2.31. The maximum atomic E-state index is 12.6. The highest BCUT2D eigenvalue weighted by Crippen LogP contribution is 2.30. The predicted molar refractivity (Wildman–Crippen MR) is 71.3 cm³/mol. The summed E-state index contributed by atoms with van der Waals surface area (Å²) in [5.41, 5.74) is 4.03. The van der Waals surface area contributed by atoms with Gasteiger partial charge in [-0.15, -0.1) is 0 Å². The van der Waals surface area contributed by atoms with Crippen molar-refractivity contribution in [1.82, 2.24) is 20.5 Å². The van der Waals surface area contributed by atoms with Gasteiger partial charge in [0.2, 0.25) is 0 Å². The first-order valence-corrected chi connectivity index (χ1v) is 6.79. The number of fused-ring (bicyclic) bond motifs is 1. The van der Waals surface area contributed by atoms with Crippen LogP contribution in [0.25, 0.3) is 0 Å². The minimum Gasteiger partial charge on any atom is -0.286 e. The van der Waals surface area contributed by atoms with Crippen molar-refractivity contribution in [3.8, 4) is 0 Å². The molecule has 0 saturated carbocycles. The molecule has 2 saturated heterocycles. The molecular weight excluding hydrogens is 228 g/mol. The first kappa shape index (κ1) is 13.2. The summed E-state index contributed by atoms with van der Waals surface area (Å²) in [6, 6.07) is 0.325. The molecule has 102 valence electrons. The first-order valence-electron chi connectivity index (χ1n) is 6.79. The highest BCUT2D eigenvalue weighted by atomic mass is 16.2. The zero-order chi connectivity index (χ0) is 13.3. The maximum absolute atomic E-state index is 12.6. The number of hydrogen-bond donors (Lipinski definition) is 1. The van der Waals surface area contributed by atoms with E-state index >= 15 is 0 Å². The van der Waals surface area contributed by atoms with Gasteiger partial charge in [0.15, 0.2) is 0 Å². The van der Waals surface area contributed by atoms with Gasteiger partial charge in [-0.3, -0.25) is 10.0 Å². The number of nitrogens with zero attached hydrogens (tertiary/aromatic N) is 3. The Kier molecular flexibility index (Phi) is 3.80. The van der Waals surface area contributed by atoms with E-state index in [0.717, 1.165) is 31.5 Å². The number of carbonyl (C=O) groups is 1. The molecule has 0 bridgehead atoms. The molecule has 1 unspecified atom stereocenters. The summed E-state index contributed by atoms with van der Waals surface area (Å²) in [6.45, 7) is 10.1. The molecule has 1 atom stereocenters. The van der Waals surface area contributed by atoms with Gasteiger partial charge in [0.1, 0.15) is 0 Å². The van der Waals surface area contributed by atoms with E-state index in [1.165, 1.54) is 0 Å².